The Morgan fingerprint density at radius 3 is 2.95 bits per heavy atom. The molecule has 1 aliphatic heterocycles. The van der Waals surface area contributed by atoms with E-state index in [1.165, 1.54) is 12.1 Å². The highest BCUT2D eigenvalue weighted by molar-refractivity contribution is 5.93. The molecule has 2 N–H and O–H groups in total. The first kappa shape index (κ1) is 13.8. The third-order valence-electron chi connectivity index (χ3n) is 3.48. The van der Waals surface area contributed by atoms with E-state index in [9.17, 15) is 9.18 Å². The second-order valence-corrected chi connectivity index (χ2v) is 5.02. The number of amides is 1. The number of H-pyrrole nitrogens is 1. The summed E-state index contributed by atoms with van der Waals surface area (Å²) in [4.78, 5) is 12.0. The molecule has 3 rings (SSSR count). The van der Waals surface area contributed by atoms with Crippen LogP contribution >= 0.6 is 0 Å². The number of hydrogen-bond acceptors (Lipinski definition) is 3. The summed E-state index contributed by atoms with van der Waals surface area (Å²) in [6.45, 7) is 1.27. The molecule has 6 heteroatoms. The molecule has 1 amide bonds. The molecule has 0 radical (unpaired) electrons. The van der Waals surface area contributed by atoms with Crippen molar-refractivity contribution in [2.45, 2.75) is 18.9 Å². The summed E-state index contributed by atoms with van der Waals surface area (Å²) in [5.74, 6) is -0.518. The van der Waals surface area contributed by atoms with Crippen LogP contribution in [0.25, 0.3) is 11.3 Å². The van der Waals surface area contributed by atoms with E-state index in [-0.39, 0.29) is 17.8 Å². The molecular weight excluding hydrogens is 273 g/mol. The smallest absolute Gasteiger partial charge is 0.269 e. The van der Waals surface area contributed by atoms with Gasteiger partial charge >= 0.3 is 0 Å². The van der Waals surface area contributed by atoms with Crippen LogP contribution in [0.2, 0.25) is 0 Å². The molecule has 1 aromatic heterocycles. The molecule has 110 valence electrons. The third kappa shape index (κ3) is 3.28. The van der Waals surface area contributed by atoms with Crippen LogP contribution < -0.4 is 5.32 Å². The van der Waals surface area contributed by atoms with Gasteiger partial charge in [-0.05, 0) is 43.2 Å². The van der Waals surface area contributed by atoms with E-state index in [0.29, 0.717) is 17.9 Å². The lowest BCUT2D eigenvalue weighted by atomic mass is 10.1. The maximum absolute atomic E-state index is 12.9. The molecule has 0 unspecified atom stereocenters. The standard InChI is InChI=1S/C15H16FN3O2/c16-11-5-3-10(4-6-11)13-8-14(19-18-13)15(20)17-9-12-2-1-7-21-12/h3-6,8,12H,1-2,7,9H2,(H,17,20)(H,18,19)/t12-/m1/s1. The second kappa shape index (κ2) is 6.05. The second-order valence-electron chi connectivity index (χ2n) is 5.02. The zero-order valence-electron chi connectivity index (χ0n) is 11.4. The van der Waals surface area contributed by atoms with E-state index in [4.69, 9.17) is 4.74 Å². The molecule has 5 nitrogen and oxygen atoms in total. The third-order valence-corrected chi connectivity index (χ3v) is 3.48. The monoisotopic (exact) mass is 289 g/mol. The van der Waals surface area contributed by atoms with Crippen molar-refractivity contribution in [3.63, 3.8) is 0 Å². The largest absolute Gasteiger partial charge is 0.376 e. The molecule has 0 bridgehead atoms. The van der Waals surface area contributed by atoms with Crippen LogP contribution in [0.1, 0.15) is 23.3 Å². The number of halogens is 1. The SMILES string of the molecule is O=C(NC[C@H]1CCCO1)c1cc(-c2ccc(F)cc2)n[nH]1. The van der Waals surface area contributed by atoms with Gasteiger partial charge in [0.05, 0.1) is 11.8 Å². The number of aromatic nitrogens is 2. The minimum absolute atomic E-state index is 0.105. The molecule has 1 aliphatic rings. The molecule has 1 fully saturated rings. The van der Waals surface area contributed by atoms with Crippen molar-refractivity contribution >= 4 is 5.91 Å². The number of hydrogen-bond donors (Lipinski definition) is 2. The number of nitrogens with zero attached hydrogens (tertiary/aromatic N) is 1. The maximum atomic E-state index is 12.9. The van der Waals surface area contributed by atoms with E-state index < -0.39 is 0 Å². The highest BCUT2D eigenvalue weighted by atomic mass is 19.1. The predicted molar refractivity (Wildman–Crippen MR) is 75.3 cm³/mol. The fourth-order valence-corrected chi connectivity index (χ4v) is 2.31. The van der Waals surface area contributed by atoms with Crippen LogP contribution in [0.5, 0.6) is 0 Å². The summed E-state index contributed by atoms with van der Waals surface area (Å²) >= 11 is 0. The minimum Gasteiger partial charge on any atom is -0.376 e. The van der Waals surface area contributed by atoms with Crippen molar-refractivity contribution in [2.24, 2.45) is 0 Å². The fourth-order valence-electron chi connectivity index (χ4n) is 2.31. The van der Waals surface area contributed by atoms with Crippen LogP contribution in [-0.4, -0.2) is 35.4 Å². The van der Waals surface area contributed by atoms with Gasteiger partial charge in [0.2, 0.25) is 0 Å². The number of carbonyl (C=O) groups excluding carboxylic acids is 1. The first-order chi connectivity index (χ1) is 10.2. The summed E-state index contributed by atoms with van der Waals surface area (Å²) in [6.07, 6.45) is 2.12. The average molecular weight is 289 g/mol. The number of benzene rings is 1. The quantitative estimate of drug-likeness (QED) is 0.906. The molecule has 1 aromatic carbocycles. The first-order valence-corrected chi connectivity index (χ1v) is 6.93. The predicted octanol–water partition coefficient (Wildman–Crippen LogP) is 2.12. The molecule has 0 spiro atoms. The minimum atomic E-state index is -0.302. The Balaban J connectivity index is 1.63. The normalized spacial score (nSPS) is 17.9. The zero-order chi connectivity index (χ0) is 14.7. The Morgan fingerprint density at radius 1 is 1.43 bits per heavy atom. The summed E-state index contributed by atoms with van der Waals surface area (Å²) in [7, 11) is 0. The van der Waals surface area contributed by atoms with E-state index in [1.54, 1.807) is 18.2 Å². The van der Waals surface area contributed by atoms with E-state index in [0.717, 1.165) is 25.0 Å². The van der Waals surface area contributed by atoms with Gasteiger partial charge in [-0.15, -0.1) is 0 Å². The van der Waals surface area contributed by atoms with Crippen molar-refractivity contribution in [3.05, 3.63) is 41.8 Å². The van der Waals surface area contributed by atoms with Gasteiger partial charge in [0.15, 0.2) is 0 Å². The summed E-state index contributed by atoms with van der Waals surface area (Å²) in [5.41, 5.74) is 1.75. The number of nitrogens with one attached hydrogen (secondary N) is 2. The topological polar surface area (TPSA) is 67.0 Å². The van der Waals surface area contributed by atoms with Crippen LogP contribution in [0.4, 0.5) is 4.39 Å². The lowest BCUT2D eigenvalue weighted by Crippen LogP contribution is -2.31. The van der Waals surface area contributed by atoms with Crippen LogP contribution in [0.15, 0.2) is 30.3 Å². The molecule has 2 heterocycles. The maximum Gasteiger partial charge on any atom is 0.269 e. The van der Waals surface area contributed by atoms with Crippen molar-refractivity contribution in [2.75, 3.05) is 13.2 Å². The van der Waals surface area contributed by atoms with Gasteiger partial charge in [-0.3, -0.25) is 9.89 Å². The summed E-state index contributed by atoms with van der Waals surface area (Å²) < 4.78 is 18.3. The van der Waals surface area contributed by atoms with Crippen molar-refractivity contribution in [1.29, 1.82) is 0 Å². The number of rotatable bonds is 4. The van der Waals surface area contributed by atoms with E-state index in [2.05, 4.69) is 15.5 Å². The van der Waals surface area contributed by atoms with Gasteiger partial charge in [0.25, 0.3) is 5.91 Å². The fraction of sp³-hybridized carbons (Fsp3) is 0.333. The van der Waals surface area contributed by atoms with Crippen LogP contribution in [0.3, 0.4) is 0 Å². The molecule has 1 atom stereocenters. The molecule has 2 aromatic rings. The van der Waals surface area contributed by atoms with Gasteiger partial charge < -0.3 is 10.1 Å². The molecule has 0 saturated carbocycles. The van der Waals surface area contributed by atoms with Gasteiger partial charge in [0.1, 0.15) is 11.5 Å². The van der Waals surface area contributed by atoms with Crippen molar-refractivity contribution in [3.8, 4) is 11.3 Å². The van der Waals surface area contributed by atoms with Gasteiger partial charge in [0, 0.05) is 18.7 Å². The molecule has 0 aliphatic carbocycles. The molecular formula is C15H16FN3O2. The van der Waals surface area contributed by atoms with Gasteiger partial charge in [-0.1, -0.05) is 0 Å². The first-order valence-electron chi connectivity index (χ1n) is 6.93. The highest BCUT2D eigenvalue weighted by Gasteiger charge is 2.17. The Labute approximate surface area is 121 Å². The Bertz CT molecular complexity index is 618. The lowest BCUT2D eigenvalue weighted by molar-refractivity contribution is 0.0853. The Kier molecular flexibility index (Phi) is 3.96. The number of aromatic amines is 1. The van der Waals surface area contributed by atoms with Gasteiger partial charge in [-0.2, -0.15) is 5.10 Å². The average Bonchev–Trinajstić information content (AvgIpc) is 3.17. The number of ether oxygens (including phenoxy) is 1. The highest BCUT2D eigenvalue weighted by Crippen LogP contribution is 2.18. The van der Waals surface area contributed by atoms with E-state index in [1.807, 2.05) is 0 Å². The van der Waals surface area contributed by atoms with Crippen LogP contribution in [-0.2, 0) is 4.74 Å². The molecule has 21 heavy (non-hydrogen) atoms. The lowest BCUT2D eigenvalue weighted by Gasteiger charge is -2.09. The van der Waals surface area contributed by atoms with Crippen LogP contribution in [0, 0.1) is 5.82 Å². The summed E-state index contributed by atoms with van der Waals surface area (Å²) in [6, 6.07) is 7.62. The summed E-state index contributed by atoms with van der Waals surface area (Å²) in [5, 5.41) is 9.59. The Hall–Kier alpha value is -2.21. The molecule has 1 saturated heterocycles. The Morgan fingerprint density at radius 2 is 2.24 bits per heavy atom. The zero-order valence-corrected chi connectivity index (χ0v) is 11.4. The number of carbonyl (C=O) groups is 1. The van der Waals surface area contributed by atoms with Crippen molar-refractivity contribution < 1.29 is 13.9 Å². The van der Waals surface area contributed by atoms with E-state index >= 15 is 0 Å². The van der Waals surface area contributed by atoms with Crippen molar-refractivity contribution in [1.82, 2.24) is 15.5 Å². The van der Waals surface area contributed by atoms with Gasteiger partial charge in [-0.25, -0.2) is 4.39 Å².